The molecule has 0 aliphatic carbocycles. The maximum absolute atomic E-state index is 12.4. The van der Waals surface area contributed by atoms with Gasteiger partial charge in [-0.1, -0.05) is 34.4 Å². The third-order valence-corrected chi connectivity index (χ3v) is 4.25. The Hall–Kier alpha value is -2.77. The van der Waals surface area contributed by atoms with Crippen LogP contribution >= 0.6 is 23.2 Å². The first-order valence-corrected chi connectivity index (χ1v) is 8.68. The Bertz CT molecular complexity index is 900. The number of nitrogens with two attached hydrogens (primary N) is 1. The molecule has 0 saturated carbocycles. The average Bonchev–Trinajstić information content (AvgIpc) is 3.11. The molecule has 3 N–H and O–H groups in total. The number of nitrogens with zero attached hydrogens (tertiary/aromatic N) is 1. The second-order valence-electron chi connectivity index (χ2n) is 5.73. The Morgan fingerprint density at radius 1 is 1.22 bits per heavy atom. The maximum Gasteiger partial charge on any atom is 0.268 e. The summed E-state index contributed by atoms with van der Waals surface area (Å²) < 4.78 is 5.16. The van der Waals surface area contributed by atoms with E-state index in [2.05, 4.69) is 10.5 Å². The quantitative estimate of drug-likeness (QED) is 0.767. The monoisotopic (exact) mass is 407 g/mol. The zero-order valence-electron chi connectivity index (χ0n) is 13.9. The maximum atomic E-state index is 12.4. The molecule has 2 amide bonds. The number of benzene rings is 2. The molecule has 1 aliphatic heterocycles. The number of amides is 2. The molecule has 0 saturated heterocycles. The van der Waals surface area contributed by atoms with Crippen LogP contribution in [0.4, 0.5) is 5.69 Å². The van der Waals surface area contributed by atoms with Crippen LogP contribution in [0.3, 0.4) is 0 Å². The number of oxime groups is 1. The molecule has 0 spiro atoms. The summed E-state index contributed by atoms with van der Waals surface area (Å²) in [4.78, 5) is 28.3. The van der Waals surface area contributed by atoms with Crippen molar-refractivity contribution >= 4 is 46.4 Å². The van der Waals surface area contributed by atoms with Gasteiger partial charge in [-0.05, 0) is 36.4 Å². The molecule has 0 fully saturated rings. The minimum absolute atomic E-state index is 0.213. The van der Waals surface area contributed by atoms with Crippen molar-refractivity contribution in [1.29, 1.82) is 0 Å². The van der Waals surface area contributed by atoms with Crippen LogP contribution in [0.15, 0.2) is 47.6 Å². The lowest BCUT2D eigenvalue weighted by molar-refractivity contribution is -0.125. The summed E-state index contributed by atoms with van der Waals surface area (Å²) in [5, 5.41) is 7.65. The van der Waals surface area contributed by atoms with E-state index in [0.29, 0.717) is 32.8 Å². The highest BCUT2D eigenvalue weighted by atomic mass is 35.5. The second kappa shape index (κ2) is 8.28. The van der Waals surface area contributed by atoms with Crippen molar-refractivity contribution < 1.29 is 19.2 Å². The van der Waals surface area contributed by atoms with Crippen LogP contribution in [0, 0.1) is 0 Å². The van der Waals surface area contributed by atoms with Crippen molar-refractivity contribution in [2.45, 2.75) is 12.5 Å². The van der Waals surface area contributed by atoms with Gasteiger partial charge in [-0.3, -0.25) is 9.59 Å². The minimum Gasteiger partial charge on any atom is -0.484 e. The smallest absolute Gasteiger partial charge is 0.268 e. The van der Waals surface area contributed by atoms with Gasteiger partial charge >= 0.3 is 0 Å². The fourth-order valence-electron chi connectivity index (χ4n) is 2.41. The summed E-state index contributed by atoms with van der Waals surface area (Å²) in [5.74, 6) is -0.445. The van der Waals surface area contributed by atoms with Crippen molar-refractivity contribution in [2.24, 2.45) is 10.9 Å². The highest BCUT2D eigenvalue weighted by Crippen LogP contribution is 2.26. The number of nitrogens with one attached hydrogen (secondary N) is 1. The average molecular weight is 408 g/mol. The van der Waals surface area contributed by atoms with Crippen LogP contribution in [0.25, 0.3) is 0 Å². The van der Waals surface area contributed by atoms with Crippen molar-refractivity contribution in [3.63, 3.8) is 0 Å². The molecule has 1 atom stereocenters. The molecule has 0 bridgehead atoms. The lowest BCUT2D eigenvalue weighted by atomic mass is 10.0. The van der Waals surface area contributed by atoms with E-state index in [1.165, 1.54) is 0 Å². The number of carbonyl (C=O) groups excluding carboxylic acids is 2. The summed E-state index contributed by atoms with van der Waals surface area (Å²) in [6, 6.07) is 11.5. The second-order valence-corrected chi connectivity index (χ2v) is 6.57. The van der Waals surface area contributed by atoms with Crippen LogP contribution in [-0.2, 0) is 14.4 Å². The molecular weight excluding hydrogens is 393 g/mol. The molecule has 0 radical (unpaired) electrons. The molecule has 7 nitrogen and oxygen atoms in total. The summed E-state index contributed by atoms with van der Waals surface area (Å²) >= 11 is 12.1. The number of carbonyl (C=O) groups is 2. The Balaban J connectivity index is 1.57. The number of hydrogen-bond acceptors (Lipinski definition) is 5. The van der Waals surface area contributed by atoms with E-state index in [4.69, 9.17) is 38.5 Å². The number of rotatable bonds is 6. The first-order valence-electron chi connectivity index (χ1n) is 7.92. The van der Waals surface area contributed by atoms with E-state index in [0.717, 1.165) is 0 Å². The van der Waals surface area contributed by atoms with Crippen molar-refractivity contribution in [1.82, 2.24) is 0 Å². The third-order valence-electron chi connectivity index (χ3n) is 3.71. The highest BCUT2D eigenvalue weighted by Gasteiger charge is 2.29. The Labute approximate surface area is 165 Å². The SMILES string of the molecule is NC(=O)COc1ccc(NC(=O)C2CC(c3ccc(Cl)cc3Cl)=NO2)cc1. The van der Waals surface area contributed by atoms with Crippen LogP contribution in [0.2, 0.25) is 10.0 Å². The number of primary amides is 1. The lowest BCUT2D eigenvalue weighted by Gasteiger charge is -2.10. The van der Waals surface area contributed by atoms with Gasteiger partial charge in [-0.25, -0.2) is 0 Å². The van der Waals surface area contributed by atoms with E-state index < -0.39 is 12.0 Å². The zero-order chi connectivity index (χ0) is 19.4. The Morgan fingerprint density at radius 2 is 1.96 bits per heavy atom. The number of ether oxygens (including phenoxy) is 1. The van der Waals surface area contributed by atoms with E-state index in [9.17, 15) is 9.59 Å². The van der Waals surface area contributed by atoms with Crippen molar-refractivity contribution in [3.8, 4) is 5.75 Å². The molecule has 140 valence electrons. The molecule has 9 heteroatoms. The molecule has 0 aromatic heterocycles. The van der Waals surface area contributed by atoms with E-state index in [1.54, 1.807) is 42.5 Å². The fourth-order valence-corrected chi connectivity index (χ4v) is 2.93. The third kappa shape index (κ3) is 4.90. The van der Waals surface area contributed by atoms with Gasteiger partial charge in [0, 0.05) is 22.7 Å². The summed E-state index contributed by atoms with van der Waals surface area (Å²) in [7, 11) is 0. The van der Waals surface area contributed by atoms with Gasteiger partial charge in [0.15, 0.2) is 6.61 Å². The number of hydrogen-bond donors (Lipinski definition) is 2. The molecule has 3 rings (SSSR count). The molecule has 1 aliphatic rings. The van der Waals surface area contributed by atoms with Crippen LogP contribution in [0.5, 0.6) is 5.75 Å². The van der Waals surface area contributed by atoms with E-state index >= 15 is 0 Å². The predicted octanol–water partition coefficient (Wildman–Crippen LogP) is 2.99. The van der Waals surface area contributed by atoms with Crippen LogP contribution < -0.4 is 15.8 Å². The summed E-state index contributed by atoms with van der Waals surface area (Å²) in [6.07, 6.45) is -0.481. The lowest BCUT2D eigenvalue weighted by Crippen LogP contribution is -2.28. The largest absolute Gasteiger partial charge is 0.484 e. The normalized spacial score (nSPS) is 15.6. The van der Waals surface area contributed by atoms with Gasteiger partial charge in [0.1, 0.15) is 5.75 Å². The van der Waals surface area contributed by atoms with Crippen LogP contribution in [-0.4, -0.2) is 30.2 Å². The highest BCUT2D eigenvalue weighted by molar-refractivity contribution is 6.37. The first kappa shape index (κ1) is 19.0. The molecule has 2 aromatic rings. The number of anilines is 1. The van der Waals surface area contributed by atoms with Gasteiger partial charge in [-0.15, -0.1) is 0 Å². The summed E-state index contributed by atoms with van der Waals surface area (Å²) in [6.45, 7) is -0.213. The van der Waals surface area contributed by atoms with Gasteiger partial charge in [0.05, 0.1) is 10.7 Å². The van der Waals surface area contributed by atoms with Crippen LogP contribution in [0.1, 0.15) is 12.0 Å². The first-order chi connectivity index (χ1) is 12.9. The Kier molecular flexibility index (Phi) is 5.83. The fraction of sp³-hybridized carbons (Fsp3) is 0.167. The number of halogens is 2. The van der Waals surface area contributed by atoms with Gasteiger partial charge in [0.25, 0.3) is 11.8 Å². The topological polar surface area (TPSA) is 103 Å². The predicted molar refractivity (Wildman–Crippen MR) is 102 cm³/mol. The molecule has 1 heterocycles. The van der Waals surface area contributed by atoms with Gasteiger partial charge in [0.2, 0.25) is 6.10 Å². The van der Waals surface area contributed by atoms with Gasteiger partial charge in [-0.2, -0.15) is 0 Å². The Morgan fingerprint density at radius 3 is 2.63 bits per heavy atom. The molecule has 2 aromatic carbocycles. The summed E-state index contributed by atoms with van der Waals surface area (Å²) in [5.41, 5.74) is 6.81. The van der Waals surface area contributed by atoms with Crippen molar-refractivity contribution in [2.75, 3.05) is 11.9 Å². The molecule has 27 heavy (non-hydrogen) atoms. The van der Waals surface area contributed by atoms with Gasteiger partial charge < -0.3 is 20.6 Å². The van der Waals surface area contributed by atoms with E-state index in [1.807, 2.05) is 0 Å². The zero-order valence-corrected chi connectivity index (χ0v) is 15.5. The molecule has 1 unspecified atom stereocenters. The van der Waals surface area contributed by atoms with E-state index in [-0.39, 0.29) is 18.9 Å². The minimum atomic E-state index is -0.766. The standard InChI is InChI=1S/C18H15Cl2N3O4/c19-10-1-6-13(14(20)7-10)15-8-16(27-23-15)18(25)22-11-2-4-12(5-3-11)26-9-17(21)24/h1-7,16H,8-9H2,(H2,21,24)(H,22,25). The van der Waals surface area contributed by atoms with Crippen molar-refractivity contribution in [3.05, 3.63) is 58.1 Å². The molecular formula is C18H15Cl2N3O4.